The molecule has 1 saturated heterocycles. The van der Waals surface area contributed by atoms with Crippen molar-refractivity contribution in [3.63, 3.8) is 0 Å². The minimum Gasteiger partial charge on any atom is -0.352 e. The fraction of sp³-hybridized carbons (Fsp3) is 0.333. The summed E-state index contributed by atoms with van der Waals surface area (Å²) in [5, 5.41) is 5.83. The summed E-state index contributed by atoms with van der Waals surface area (Å²) < 4.78 is 1.93. The Morgan fingerprint density at radius 3 is 2.21 bits per heavy atom. The summed E-state index contributed by atoms with van der Waals surface area (Å²) in [5.74, 6) is 1.99. The smallest absolute Gasteiger partial charge is 0.253 e. The van der Waals surface area contributed by atoms with E-state index in [1.807, 2.05) is 46.8 Å². The molecule has 0 bridgehead atoms. The molecule has 7 heteroatoms. The largest absolute Gasteiger partial charge is 0.352 e. The van der Waals surface area contributed by atoms with Crippen LogP contribution in [0.3, 0.4) is 0 Å². The number of rotatable bonds is 4. The monoisotopic (exact) mass is 454 g/mol. The minimum atomic E-state index is 0.0827. The molecule has 1 fully saturated rings. The normalized spacial score (nSPS) is 14.3. The van der Waals surface area contributed by atoms with Gasteiger partial charge < -0.3 is 9.80 Å². The van der Waals surface area contributed by atoms with E-state index in [0.717, 1.165) is 52.7 Å². The Morgan fingerprint density at radius 2 is 1.56 bits per heavy atom. The predicted molar refractivity (Wildman–Crippen MR) is 135 cm³/mol. The number of fused-ring (bicyclic) bond motifs is 1. The van der Waals surface area contributed by atoms with Crippen LogP contribution < -0.4 is 4.90 Å². The highest BCUT2D eigenvalue weighted by Crippen LogP contribution is 2.31. The summed E-state index contributed by atoms with van der Waals surface area (Å²) >= 11 is 0. The van der Waals surface area contributed by atoms with E-state index in [1.165, 1.54) is 5.56 Å². The zero-order chi connectivity index (χ0) is 23.8. The Labute approximate surface area is 200 Å². The van der Waals surface area contributed by atoms with Crippen molar-refractivity contribution in [2.75, 3.05) is 31.1 Å². The molecule has 2 aromatic carbocycles. The molecule has 1 aliphatic heterocycles. The zero-order valence-electron chi connectivity index (χ0n) is 20.2. The molecule has 174 valence electrons. The number of benzene rings is 2. The molecule has 3 heterocycles. The van der Waals surface area contributed by atoms with Gasteiger partial charge in [-0.25, -0.2) is 14.6 Å². The molecule has 7 nitrogen and oxygen atoms in total. The van der Waals surface area contributed by atoms with Gasteiger partial charge in [0.25, 0.3) is 5.91 Å². The number of carbonyl (C=O) groups is 1. The van der Waals surface area contributed by atoms with Crippen LogP contribution in [0.2, 0.25) is 0 Å². The van der Waals surface area contributed by atoms with Crippen LogP contribution in [0.4, 0.5) is 5.82 Å². The summed E-state index contributed by atoms with van der Waals surface area (Å²) in [4.78, 5) is 27.0. The van der Waals surface area contributed by atoms with Crippen LogP contribution in [0.5, 0.6) is 0 Å². The summed E-state index contributed by atoms with van der Waals surface area (Å²) in [6.07, 6.45) is 0. The lowest BCUT2D eigenvalue weighted by atomic mass is 10.1. The van der Waals surface area contributed by atoms with E-state index in [4.69, 9.17) is 15.1 Å². The molecule has 5 rings (SSSR count). The van der Waals surface area contributed by atoms with Crippen molar-refractivity contribution in [1.29, 1.82) is 0 Å². The maximum atomic E-state index is 12.9. The van der Waals surface area contributed by atoms with E-state index in [9.17, 15) is 4.79 Å². The number of aryl methyl sites for hydroxylation is 2. The van der Waals surface area contributed by atoms with E-state index in [2.05, 4.69) is 49.9 Å². The Hall–Kier alpha value is -3.74. The van der Waals surface area contributed by atoms with Crippen LogP contribution in [0.25, 0.3) is 16.7 Å². The number of carbonyl (C=O) groups excluding carboxylic acids is 1. The topological polar surface area (TPSA) is 67.2 Å². The number of piperazine rings is 1. The second-order valence-electron chi connectivity index (χ2n) is 9.24. The quantitative estimate of drug-likeness (QED) is 0.454. The van der Waals surface area contributed by atoms with E-state index < -0.39 is 0 Å². The average molecular weight is 455 g/mol. The van der Waals surface area contributed by atoms with Gasteiger partial charge in [-0.1, -0.05) is 49.7 Å². The number of hydrogen-bond acceptors (Lipinski definition) is 5. The molecule has 1 aliphatic rings. The van der Waals surface area contributed by atoms with Gasteiger partial charge in [0.05, 0.1) is 16.8 Å². The van der Waals surface area contributed by atoms with Crippen molar-refractivity contribution in [1.82, 2.24) is 24.6 Å². The Balaban J connectivity index is 1.50. The third kappa shape index (κ3) is 4.02. The van der Waals surface area contributed by atoms with Gasteiger partial charge in [-0.05, 0) is 38.1 Å². The second-order valence-corrected chi connectivity index (χ2v) is 9.24. The van der Waals surface area contributed by atoms with Crippen LogP contribution in [-0.2, 0) is 0 Å². The van der Waals surface area contributed by atoms with Crippen LogP contribution in [0.15, 0.2) is 54.6 Å². The van der Waals surface area contributed by atoms with Crippen LogP contribution in [0.1, 0.15) is 47.2 Å². The third-order valence-electron chi connectivity index (χ3n) is 6.38. The number of anilines is 1. The fourth-order valence-corrected chi connectivity index (χ4v) is 4.42. The summed E-state index contributed by atoms with van der Waals surface area (Å²) in [7, 11) is 0. The van der Waals surface area contributed by atoms with Gasteiger partial charge in [-0.3, -0.25) is 4.79 Å². The summed E-state index contributed by atoms with van der Waals surface area (Å²) in [6, 6.07) is 17.8. The third-order valence-corrected chi connectivity index (χ3v) is 6.38. The number of amides is 1. The number of nitrogens with zero attached hydrogens (tertiary/aromatic N) is 6. The molecule has 4 aromatic rings. The summed E-state index contributed by atoms with van der Waals surface area (Å²) in [6.45, 7) is 11.1. The zero-order valence-corrected chi connectivity index (χ0v) is 20.2. The molecule has 2 aromatic heterocycles. The maximum Gasteiger partial charge on any atom is 0.253 e. The molecular formula is C27H30N6O. The maximum absolute atomic E-state index is 12.9. The van der Waals surface area contributed by atoms with E-state index in [1.54, 1.807) is 0 Å². The Bertz CT molecular complexity index is 1320. The molecule has 1 amide bonds. The van der Waals surface area contributed by atoms with Crippen LogP contribution >= 0.6 is 0 Å². The average Bonchev–Trinajstić information content (AvgIpc) is 3.20. The van der Waals surface area contributed by atoms with Crippen molar-refractivity contribution in [2.24, 2.45) is 0 Å². The van der Waals surface area contributed by atoms with Gasteiger partial charge in [0, 0.05) is 37.7 Å². The highest BCUT2D eigenvalue weighted by Gasteiger charge is 2.27. The first-order valence-corrected chi connectivity index (χ1v) is 11.9. The molecule has 0 radical (unpaired) electrons. The molecule has 0 unspecified atom stereocenters. The molecule has 0 atom stereocenters. The van der Waals surface area contributed by atoms with Gasteiger partial charge in [0.2, 0.25) is 0 Å². The summed E-state index contributed by atoms with van der Waals surface area (Å²) in [5.41, 5.74) is 4.67. The van der Waals surface area contributed by atoms with Crippen molar-refractivity contribution in [2.45, 2.75) is 33.6 Å². The minimum absolute atomic E-state index is 0.0827. The lowest BCUT2D eigenvalue weighted by molar-refractivity contribution is 0.0746. The molecule has 0 saturated carbocycles. The van der Waals surface area contributed by atoms with Crippen LogP contribution in [-0.4, -0.2) is 56.7 Å². The van der Waals surface area contributed by atoms with Crippen molar-refractivity contribution in [3.05, 3.63) is 77.2 Å². The van der Waals surface area contributed by atoms with E-state index in [0.29, 0.717) is 13.1 Å². The SMILES string of the molecule is Cc1ccc(-n2nc(C)c3c(N4CCN(C(=O)c5ccccc5)CC4)nc(C(C)C)nc32)cc1. The number of hydrogen-bond donors (Lipinski definition) is 0. The fourth-order valence-electron chi connectivity index (χ4n) is 4.42. The lowest BCUT2D eigenvalue weighted by Crippen LogP contribution is -2.49. The van der Waals surface area contributed by atoms with Crippen LogP contribution in [0, 0.1) is 13.8 Å². The molecule has 34 heavy (non-hydrogen) atoms. The van der Waals surface area contributed by atoms with Crippen molar-refractivity contribution in [3.8, 4) is 5.69 Å². The molecular weight excluding hydrogens is 424 g/mol. The number of aromatic nitrogens is 4. The van der Waals surface area contributed by atoms with E-state index in [-0.39, 0.29) is 11.8 Å². The first-order chi connectivity index (χ1) is 16.4. The first kappa shape index (κ1) is 22.1. The first-order valence-electron chi connectivity index (χ1n) is 11.9. The van der Waals surface area contributed by atoms with Gasteiger partial charge in [0.15, 0.2) is 5.65 Å². The molecule has 0 aliphatic carbocycles. The van der Waals surface area contributed by atoms with Gasteiger partial charge in [-0.15, -0.1) is 0 Å². The van der Waals surface area contributed by atoms with Gasteiger partial charge in [0.1, 0.15) is 11.6 Å². The Kier molecular flexibility index (Phi) is 5.77. The van der Waals surface area contributed by atoms with Gasteiger partial charge >= 0.3 is 0 Å². The van der Waals surface area contributed by atoms with Crippen molar-refractivity contribution >= 4 is 22.8 Å². The standard InChI is InChI=1S/C27H30N6O/c1-18(2)24-28-25(31-14-16-32(17-15-31)27(34)21-8-6-5-7-9-21)23-20(4)30-33(26(23)29-24)22-12-10-19(3)11-13-22/h5-13,18H,14-17H2,1-4H3. The van der Waals surface area contributed by atoms with Crippen molar-refractivity contribution < 1.29 is 4.79 Å². The lowest BCUT2D eigenvalue weighted by Gasteiger charge is -2.36. The second kappa shape index (κ2) is 8.89. The predicted octanol–water partition coefficient (Wildman–Crippen LogP) is 4.52. The molecule has 0 N–H and O–H groups in total. The Morgan fingerprint density at radius 1 is 0.882 bits per heavy atom. The van der Waals surface area contributed by atoms with Gasteiger partial charge in [-0.2, -0.15) is 5.10 Å². The van der Waals surface area contributed by atoms with E-state index >= 15 is 0 Å². The highest BCUT2D eigenvalue weighted by atomic mass is 16.2. The highest BCUT2D eigenvalue weighted by molar-refractivity contribution is 5.94. The molecule has 0 spiro atoms.